The second-order valence-electron chi connectivity index (χ2n) is 12.2. The Morgan fingerprint density at radius 2 is 1.63 bits per heavy atom. The SMILES string of the molecule is CC(C)(C)c1ccnc(-c2[c-]cc([Si](C)(C)C)c3c2oc2ncccc23)c1.Cc1ccc(-c2[c-]cccc2)nc1.[Ir]. The maximum Gasteiger partial charge on any atom is 0.216 e. The van der Waals surface area contributed by atoms with Gasteiger partial charge in [0.2, 0.25) is 5.71 Å². The molecule has 0 amide bonds. The van der Waals surface area contributed by atoms with Crippen molar-refractivity contribution in [2.24, 2.45) is 0 Å². The largest absolute Gasteiger partial charge is 0.486 e. The molecule has 0 fully saturated rings. The summed E-state index contributed by atoms with van der Waals surface area (Å²) in [4.78, 5) is 13.4. The van der Waals surface area contributed by atoms with E-state index in [1.54, 1.807) is 6.20 Å². The smallest absolute Gasteiger partial charge is 0.216 e. The predicted octanol–water partition coefficient (Wildman–Crippen LogP) is 8.54. The Morgan fingerprint density at radius 3 is 2.29 bits per heavy atom. The van der Waals surface area contributed by atoms with Crippen LogP contribution in [0.1, 0.15) is 31.9 Å². The van der Waals surface area contributed by atoms with Gasteiger partial charge in [0.25, 0.3) is 0 Å². The van der Waals surface area contributed by atoms with Crippen LogP contribution in [0.15, 0.2) is 89.7 Å². The molecule has 2 aromatic carbocycles. The van der Waals surface area contributed by atoms with E-state index < -0.39 is 8.07 Å². The molecular formula is C35H35IrN3OSi-2. The second-order valence-corrected chi connectivity index (χ2v) is 17.2. The van der Waals surface area contributed by atoms with Gasteiger partial charge >= 0.3 is 0 Å². The van der Waals surface area contributed by atoms with Gasteiger partial charge in [-0.25, -0.2) is 4.98 Å². The van der Waals surface area contributed by atoms with Crippen LogP contribution in [0.3, 0.4) is 0 Å². The van der Waals surface area contributed by atoms with E-state index in [2.05, 4.69) is 97.8 Å². The van der Waals surface area contributed by atoms with E-state index in [1.165, 1.54) is 21.7 Å². The predicted molar refractivity (Wildman–Crippen MR) is 169 cm³/mol. The molecule has 4 heterocycles. The van der Waals surface area contributed by atoms with Crippen LogP contribution in [0, 0.1) is 19.1 Å². The van der Waals surface area contributed by atoms with Crippen molar-refractivity contribution in [3.63, 3.8) is 0 Å². The fourth-order valence-corrected chi connectivity index (χ4v) is 6.16. The van der Waals surface area contributed by atoms with Crippen molar-refractivity contribution in [3.8, 4) is 22.5 Å². The molecule has 6 rings (SSSR count). The fraction of sp³-hybridized carbons (Fsp3) is 0.229. The average molecular weight is 734 g/mol. The minimum atomic E-state index is -1.58. The summed E-state index contributed by atoms with van der Waals surface area (Å²) in [5, 5.41) is 3.60. The molecule has 211 valence electrons. The second kappa shape index (κ2) is 12.2. The van der Waals surface area contributed by atoms with E-state index in [9.17, 15) is 0 Å². The first-order chi connectivity index (χ1) is 19.0. The van der Waals surface area contributed by atoms with Crippen LogP contribution in [0.2, 0.25) is 19.6 Å². The number of hydrogen-bond acceptors (Lipinski definition) is 4. The number of hydrogen-bond donors (Lipinski definition) is 0. The molecular weight excluding hydrogens is 699 g/mol. The number of furan rings is 1. The molecule has 6 heteroatoms. The standard InChI is InChI=1S/C23H25N2OSi.C12H10N.Ir/c1-23(2,3)15-11-13-24-18(14-15)16-9-10-19(27(4,5)6)20-17-8-7-12-25-22(17)26-21(16)20;1-10-7-8-12(13-9-10)11-5-3-2-4-6-11;/h7-8,10-14H,1-6H3;2-5,7-9H,1H3;/q2*-1;. The van der Waals surface area contributed by atoms with Crippen molar-refractivity contribution in [1.29, 1.82) is 0 Å². The van der Waals surface area contributed by atoms with E-state index in [0.29, 0.717) is 5.71 Å². The maximum absolute atomic E-state index is 6.24. The Bertz CT molecular complexity index is 1770. The number of fused-ring (bicyclic) bond motifs is 3. The minimum absolute atomic E-state index is 0. The molecule has 0 saturated carbocycles. The third kappa shape index (κ3) is 6.73. The molecule has 0 saturated heterocycles. The first-order valence-corrected chi connectivity index (χ1v) is 17.1. The first-order valence-electron chi connectivity index (χ1n) is 13.6. The average Bonchev–Trinajstić information content (AvgIpc) is 3.32. The summed E-state index contributed by atoms with van der Waals surface area (Å²) >= 11 is 0. The molecule has 0 aliphatic heterocycles. The van der Waals surface area contributed by atoms with Crippen molar-refractivity contribution >= 4 is 35.3 Å². The molecule has 0 unspecified atom stereocenters. The zero-order valence-corrected chi connectivity index (χ0v) is 28.1. The van der Waals surface area contributed by atoms with Gasteiger partial charge in [0.1, 0.15) is 0 Å². The van der Waals surface area contributed by atoms with E-state index >= 15 is 0 Å². The summed E-state index contributed by atoms with van der Waals surface area (Å²) in [6.45, 7) is 15.7. The van der Waals surface area contributed by atoms with Gasteiger partial charge in [-0.15, -0.1) is 53.2 Å². The molecule has 0 aliphatic carbocycles. The zero-order valence-electron chi connectivity index (χ0n) is 24.7. The Balaban J connectivity index is 0.000000233. The topological polar surface area (TPSA) is 51.8 Å². The third-order valence-corrected chi connectivity index (χ3v) is 8.92. The third-order valence-electron chi connectivity index (χ3n) is 6.91. The molecule has 0 atom stereocenters. The van der Waals surface area contributed by atoms with Crippen LogP contribution in [-0.2, 0) is 25.5 Å². The molecule has 41 heavy (non-hydrogen) atoms. The van der Waals surface area contributed by atoms with Gasteiger partial charge in [-0.2, -0.15) is 0 Å². The normalized spacial score (nSPS) is 11.6. The quantitative estimate of drug-likeness (QED) is 0.135. The fourth-order valence-electron chi connectivity index (χ4n) is 4.65. The van der Waals surface area contributed by atoms with Crippen LogP contribution in [0.4, 0.5) is 0 Å². The Morgan fingerprint density at radius 1 is 0.829 bits per heavy atom. The number of aryl methyl sites for hydroxylation is 1. The van der Waals surface area contributed by atoms with Crippen LogP contribution < -0.4 is 5.19 Å². The monoisotopic (exact) mass is 734 g/mol. The number of benzene rings is 2. The molecule has 6 aromatic rings. The van der Waals surface area contributed by atoms with Crippen molar-refractivity contribution in [1.82, 2.24) is 15.0 Å². The number of pyridine rings is 3. The summed E-state index contributed by atoms with van der Waals surface area (Å²) in [6, 6.07) is 29.0. The zero-order chi connectivity index (χ0) is 28.5. The van der Waals surface area contributed by atoms with Gasteiger partial charge < -0.3 is 14.4 Å². The summed E-state index contributed by atoms with van der Waals surface area (Å²) < 4.78 is 6.24. The molecule has 0 spiro atoms. The first kappa shape index (κ1) is 30.5. The number of nitrogens with zero attached hydrogens (tertiary/aromatic N) is 3. The van der Waals surface area contributed by atoms with Gasteiger partial charge in [0.15, 0.2) is 0 Å². The minimum Gasteiger partial charge on any atom is -0.486 e. The van der Waals surface area contributed by atoms with Crippen LogP contribution >= 0.6 is 0 Å². The van der Waals surface area contributed by atoms with Gasteiger partial charge in [-0.1, -0.05) is 69.6 Å². The molecule has 0 aliphatic rings. The van der Waals surface area contributed by atoms with Crippen LogP contribution in [-0.4, -0.2) is 23.0 Å². The number of rotatable bonds is 3. The van der Waals surface area contributed by atoms with Crippen molar-refractivity contribution < 1.29 is 24.5 Å². The van der Waals surface area contributed by atoms with E-state index in [1.807, 2.05) is 55.7 Å². The van der Waals surface area contributed by atoms with Gasteiger partial charge in [-0.3, -0.25) is 0 Å². The van der Waals surface area contributed by atoms with Gasteiger partial charge in [0, 0.05) is 52.2 Å². The van der Waals surface area contributed by atoms with Crippen molar-refractivity contribution in [2.75, 3.05) is 0 Å². The van der Waals surface area contributed by atoms with Crippen LogP contribution in [0.5, 0.6) is 0 Å². The molecule has 4 nitrogen and oxygen atoms in total. The Labute approximate surface area is 257 Å². The summed E-state index contributed by atoms with van der Waals surface area (Å²) in [7, 11) is -1.58. The number of aromatic nitrogens is 3. The van der Waals surface area contributed by atoms with Crippen molar-refractivity contribution in [3.05, 3.63) is 109 Å². The summed E-state index contributed by atoms with van der Waals surface area (Å²) in [6.07, 6.45) is 5.53. The Hall–Kier alpha value is -3.44. The molecule has 1 radical (unpaired) electrons. The summed E-state index contributed by atoms with van der Waals surface area (Å²) in [5.41, 5.74) is 7.85. The van der Waals surface area contributed by atoms with Crippen molar-refractivity contribution in [2.45, 2.75) is 52.8 Å². The van der Waals surface area contributed by atoms with E-state index in [0.717, 1.165) is 33.5 Å². The van der Waals surface area contributed by atoms with E-state index in [4.69, 9.17) is 4.42 Å². The van der Waals surface area contributed by atoms with Gasteiger partial charge in [0.05, 0.1) is 5.58 Å². The van der Waals surface area contributed by atoms with E-state index in [-0.39, 0.29) is 25.5 Å². The van der Waals surface area contributed by atoms with Gasteiger partial charge in [-0.05, 0) is 53.1 Å². The molecule has 0 N–H and O–H groups in total. The summed E-state index contributed by atoms with van der Waals surface area (Å²) in [5.74, 6) is 0. The molecule has 4 aromatic heterocycles. The molecule has 0 bridgehead atoms. The maximum atomic E-state index is 6.24. The van der Waals surface area contributed by atoms with Crippen LogP contribution in [0.25, 0.3) is 44.6 Å². The Kier molecular flexibility index (Phi) is 9.08.